The highest BCUT2D eigenvalue weighted by Crippen LogP contribution is 2.48. The molecule has 0 amide bonds. The van der Waals surface area contributed by atoms with E-state index in [9.17, 15) is 19.2 Å². The number of carbonyl (C=O) groups excluding carboxylic acids is 4. The highest BCUT2D eigenvalue weighted by molar-refractivity contribution is 5.87. The number of unbranched alkanes of at least 4 members (excludes halogenated alkanes) is 4. The number of hydrogen-bond acceptors (Lipinski definition) is 8. The molecule has 272 valence electrons. The first-order chi connectivity index (χ1) is 23.7. The third kappa shape index (κ3) is 12.6. The van der Waals surface area contributed by atoms with Crippen LogP contribution in [0.5, 0.6) is 11.5 Å². The van der Waals surface area contributed by atoms with Crippen molar-refractivity contribution in [2.24, 2.45) is 5.92 Å². The van der Waals surface area contributed by atoms with Crippen molar-refractivity contribution in [2.75, 3.05) is 13.2 Å². The lowest BCUT2D eigenvalue weighted by atomic mass is 9.60. The van der Waals surface area contributed by atoms with Gasteiger partial charge in [0.05, 0.1) is 13.2 Å². The lowest BCUT2D eigenvalue weighted by Crippen LogP contribution is -2.36. The van der Waals surface area contributed by atoms with Gasteiger partial charge in [-0.3, -0.25) is 9.59 Å². The Labute approximate surface area is 298 Å². The SMILES string of the molecule is C=C(C)C(=O)OCCCCCC(=O)Oc1ccc(C2(C)CCC(C(C)(C)c3ccc(OC(=O)CCCCCOC(=O)C(=C)C)cc3)CC2)cc1. The summed E-state index contributed by atoms with van der Waals surface area (Å²) >= 11 is 0. The predicted molar refractivity (Wildman–Crippen MR) is 195 cm³/mol. The Kier molecular flexibility index (Phi) is 15.5. The molecule has 2 aromatic carbocycles. The van der Waals surface area contributed by atoms with Crippen LogP contribution in [0.4, 0.5) is 0 Å². The van der Waals surface area contributed by atoms with Crippen LogP contribution in [0.2, 0.25) is 0 Å². The fourth-order valence-corrected chi connectivity index (χ4v) is 6.42. The minimum atomic E-state index is -0.385. The van der Waals surface area contributed by atoms with Crippen molar-refractivity contribution in [2.45, 2.75) is 122 Å². The topological polar surface area (TPSA) is 105 Å². The number of ether oxygens (including phenoxy) is 4. The van der Waals surface area contributed by atoms with Crippen molar-refractivity contribution in [1.29, 1.82) is 0 Å². The molecule has 0 N–H and O–H groups in total. The van der Waals surface area contributed by atoms with Gasteiger partial charge >= 0.3 is 23.9 Å². The second-order valence-corrected chi connectivity index (χ2v) is 14.5. The largest absolute Gasteiger partial charge is 0.462 e. The number of rotatable bonds is 19. The molecule has 2 aromatic rings. The highest BCUT2D eigenvalue weighted by atomic mass is 16.5. The lowest BCUT2D eigenvalue weighted by Gasteiger charge is -2.44. The monoisotopic (exact) mass is 688 g/mol. The standard InChI is InChI=1S/C42H56O8/c1-30(2)39(45)47-28-12-8-10-14-37(43)49-35-20-16-32(17-21-35)41(5,6)33-24-26-42(7,27-25-33)34-18-22-36(23-19-34)50-38(44)15-11-9-13-29-48-40(46)31(3)4/h16-23,33H,1,3,8-15,24-29H2,2,4-7H3. The molecule has 0 saturated heterocycles. The zero-order chi connectivity index (χ0) is 36.7. The number of carbonyl (C=O) groups is 4. The van der Waals surface area contributed by atoms with E-state index in [0.717, 1.165) is 38.5 Å². The van der Waals surface area contributed by atoms with Gasteiger partial charge < -0.3 is 18.9 Å². The van der Waals surface area contributed by atoms with E-state index in [4.69, 9.17) is 18.9 Å². The van der Waals surface area contributed by atoms with Gasteiger partial charge in [0.2, 0.25) is 0 Å². The van der Waals surface area contributed by atoms with Crippen LogP contribution in [-0.4, -0.2) is 37.1 Å². The molecule has 0 aromatic heterocycles. The first-order valence-corrected chi connectivity index (χ1v) is 18.0. The zero-order valence-electron chi connectivity index (χ0n) is 30.8. The molecule has 1 saturated carbocycles. The van der Waals surface area contributed by atoms with E-state index in [0.29, 0.717) is 80.3 Å². The smallest absolute Gasteiger partial charge is 0.333 e. The van der Waals surface area contributed by atoms with Crippen molar-refractivity contribution in [3.63, 3.8) is 0 Å². The number of hydrogen-bond donors (Lipinski definition) is 0. The summed E-state index contributed by atoms with van der Waals surface area (Å²) in [5.74, 6) is 0.326. The summed E-state index contributed by atoms with van der Waals surface area (Å²) in [5, 5.41) is 0. The van der Waals surface area contributed by atoms with Gasteiger partial charge in [0.1, 0.15) is 11.5 Å². The Bertz CT molecular complexity index is 1460. The maximum absolute atomic E-state index is 12.4. The van der Waals surface area contributed by atoms with Crippen molar-refractivity contribution in [3.05, 3.63) is 84.0 Å². The molecule has 50 heavy (non-hydrogen) atoms. The van der Waals surface area contributed by atoms with Crippen molar-refractivity contribution >= 4 is 23.9 Å². The average molecular weight is 689 g/mol. The Hall–Kier alpha value is -4.20. The van der Waals surface area contributed by atoms with E-state index in [2.05, 4.69) is 58.2 Å². The van der Waals surface area contributed by atoms with Gasteiger partial charge in [-0.15, -0.1) is 0 Å². The number of esters is 4. The normalized spacial score (nSPS) is 17.3. The molecule has 1 aliphatic carbocycles. The number of benzene rings is 2. The summed E-state index contributed by atoms with van der Waals surface area (Å²) in [6, 6.07) is 15.9. The van der Waals surface area contributed by atoms with Gasteiger partial charge in [-0.2, -0.15) is 0 Å². The summed E-state index contributed by atoms with van der Waals surface area (Å²) in [4.78, 5) is 47.5. The van der Waals surface area contributed by atoms with Gasteiger partial charge in [-0.1, -0.05) is 58.2 Å². The maximum atomic E-state index is 12.4. The summed E-state index contributed by atoms with van der Waals surface area (Å²) in [5.41, 5.74) is 3.27. The van der Waals surface area contributed by atoms with Crippen LogP contribution in [0.25, 0.3) is 0 Å². The first-order valence-electron chi connectivity index (χ1n) is 18.0. The minimum absolute atomic E-state index is 0.0371. The highest BCUT2D eigenvalue weighted by Gasteiger charge is 2.39. The fourth-order valence-electron chi connectivity index (χ4n) is 6.42. The van der Waals surface area contributed by atoms with Gasteiger partial charge in [-0.05, 0) is 130 Å². The van der Waals surface area contributed by atoms with Crippen LogP contribution < -0.4 is 9.47 Å². The summed E-state index contributed by atoms with van der Waals surface area (Å²) in [6.45, 7) is 17.9. The molecule has 0 spiro atoms. The molecule has 0 heterocycles. The molecule has 3 rings (SSSR count). The van der Waals surface area contributed by atoms with E-state index in [-0.39, 0.29) is 34.7 Å². The van der Waals surface area contributed by atoms with Crippen LogP contribution in [0, 0.1) is 5.92 Å². The van der Waals surface area contributed by atoms with Crippen LogP contribution >= 0.6 is 0 Å². The molecule has 8 nitrogen and oxygen atoms in total. The quantitative estimate of drug-likeness (QED) is 0.0623. The van der Waals surface area contributed by atoms with Crippen molar-refractivity contribution < 1.29 is 38.1 Å². The second-order valence-electron chi connectivity index (χ2n) is 14.5. The summed E-state index contributed by atoms with van der Waals surface area (Å²) in [6.07, 6.45) is 9.23. The van der Waals surface area contributed by atoms with Crippen LogP contribution in [-0.2, 0) is 39.5 Å². The molecule has 8 heteroatoms. The molecule has 0 unspecified atom stereocenters. The molecular formula is C42H56O8. The second kappa shape index (κ2) is 19.3. The maximum Gasteiger partial charge on any atom is 0.333 e. The van der Waals surface area contributed by atoms with Crippen LogP contribution in [0.1, 0.15) is 123 Å². The molecular weight excluding hydrogens is 632 g/mol. The van der Waals surface area contributed by atoms with E-state index >= 15 is 0 Å². The first kappa shape index (κ1) is 40.2. The summed E-state index contributed by atoms with van der Waals surface area (Å²) < 4.78 is 21.3. The van der Waals surface area contributed by atoms with Crippen LogP contribution in [0.15, 0.2) is 72.8 Å². The Morgan fingerprint density at radius 1 is 0.680 bits per heavy atom. The molecule has 1 fully saturated rings. The van der Waals surface area contributed by atoms with Gasteiger partial charge in [0.15, 0.2) is 0 Å². The molecule has 0 atom stereocenters. The molecule has 0 radical (unpaired) electrons. The Morgan fingerprint density at radius 3 is 1.52 bits per heavy atom. The van der Waals surface area contributed by atoms with Crippen molar-refractivity contribution in [1.82, 2.24) is 0 Å². The molecule has 0 aliphatic heterocycles. The van der Waals surface area contributed by atoms with E-state index in [1.165, 1.54) is 11.1 Å². The van der Waals surface area contributed by atoms with Gasteiger partial charge in [-0.25, -0.2) is 9.59 Å². The molecule has 1 aliphatic rings. The predicted octanol–water partition coefficient (Wildman–Crippen LogP) is 9.28. The van der Waals surface area contributed by atoms with Crippen molar-refractivity contribution in [3.8, 4) is 11.5 Å². The Morgan fingerprint density at radius 2 is 1.10 bits per heavy atom. The van der Waals surface area contributed by atoms with Gasteiger partial charge in [0.25, 0.3) is 0 Å². The van der Waals surface area contributed by atoms with Gasteiger partial charge in [0, 0.05) is 24.0 Å². The molecule has 0 bridgehead atoms. The van der Waals surface area contributed by atoms with E-state index < -0.39 is 0 Å². The minimum Gasteiger partial charge on any atom is -0.462 e. The summed E-state index contributed by atoms with van der Waals surface area (Å²) in [7, 11) is 0. The lowest BCUT2D eigenvalue weighted by molar-refractivity contribution is -0.140. The van der Waals surface area contributed by atoms with E-state index in [1.807, 2.05) is 24.3 Å². The third-order valence-electron chi connectivity index (χ3n) is 9.94. The fraction of sp³-hybridized carbons (Fsp3) is 0.524. The third-order valence-corrected chi connectivity index (χ3v) is 9.94. The zero-order valence-corrected chi connectivity index (χ0v) is 30.8. The van der Waals surface area contributed by atoms with E-state index in [1.54, 1.807) is 13.8 Å². The average Bonchev–Trinajstić information content (AvgIpc) is 3.08. The Balaban J connectivity index is 1.39. The van der Waals surface area contributed by atoms with Crippen LogP contribution in [0.3, 0.4) is 0 Å².